The van der Waals surface area contributed by atoms with Crippen LogP contribution in [0.1, 0.15) is 57.7 Å². The molecule has 0 saturated carbocycles. The molecule has 2 heteroatoms. The average molecular weight is 421 g/mol. The Hall–Kier alpha value is -3.13. The Bertz CT molecular complexity index is 1240. The molecule has 0 aliphatic heterocycles. The van der Waals surface area contributed by atoms with Crippen LogP contribution in [0.5, 0.6) is 0 Å². The molecular weight excluding hydrogens is 388 g/mol. The van der Waals surface area contributed by atoms with Crippen molar-refractivity contribution in [3.05, 3.63) is 101 Å². The maximum absolute atomic E-state index is 5.20. The van der Waals surface area contributed by atoms with Crippen molar-refractivity contribution in [2.45, 2.75) is 46.6 Å². The Labute approximate surface area is 191 Å². The number of nitrogens with one attached hydrogen (secondary N) is 1. The van der Waals surface area contributed by atoms with Crippen LogP contribution in [0.2, 0.25) is 0 Å². The average Bonchev–Trinajstić information content (AvgIpc) is 3.09. The number of aliphatic imine (C=N–C) groups is 1. The zero-order valence-corrected chi connectivity index (χ0v) is 19.5. The maximum Gasteiger partial charge on any atom is 0.0953 e. The first-order valence-corrected chi connectivity index (χ1v) is 11.9. The Morgan fingerprint density at radius 1 is 0.844 bits per heavy atom. The molecule has 0 saturated heterocycles. The molecule has 5 rings (SSSR count). The fourth-order valence-electron chi connectivity index (χ4n) is 5.26. The molecule has 0 aromatic heterocycles. The predicted octanol–water partition coefficient (Wildman–Crippen LogP) is 7.89. The fraction of sp³-hybridized carbons (Fsp3) is 0.300. The molecule has 32 heavy (non-hydrogen) atoms. The zero-order chi connectivity index (χ0) is 22.2. The highest BCUT2D eigenvalue weighted by molar-refractivity contribution is 6.21. The number of allylic oxidation sites excluding steroid dienone is 3. The number of para-hydroxylation sites is 1. The SMILES string of the molecule is CC(C)C1=CCCC(C(C)C)=C1NC1C(=Nc2ccccc2)c2cccc3cccc1c23. The summed E-state index contributed by atoms with van der Waals surface area (Å²) in [5.74, 6) is 1.01. The second kappa shape index (κ2) is 8.43. The molecule has 0 heterocycles. The smallest absolute Gasteiger partial charge is 0.0953 e. The summed E-state index contributed by atoms with van der Waals surface area (Å²) in [6, 6.07) is 23.6. The van der Waals surface area contributed by atoms with Crippen LogP contribution in [0, 0.1) is 11.8 Å². The standard InChI is InChI=1S/C30H32N2/c1-19(2)23-15-10-16-24(20(3)4)28(23)32-30-26-18-9-12-21-11-8-17-25(27(21)26)29(30)31-22-13-6-5-7-14-22/h5-9,11-15,17-20,30,32H,10,16H2,1-4H3. The number of rotatable bonds is 5. The van der Waals surface area contributed by atoms with Gasteiger partial charge in [0, 0.05) is 11.3 Å². The van der Waals surface area contributed by atoms with Gasteiger partial charge in [0.1, 0.15) is 0 Å². The van der Waals surface area contributed by atoms with Gasteiger partial charge < -0.3 is 5.32 Å². The lowest BCUT2D eigenvalue weighted by molar-refractivity contribution is 0.620. The lowest BCUT2D eigenvalue weighted by atomic mass is 9.84. The van der Waals surface area contributed by atoms with E-state index >= 15 is 0 Å². The van der Waals surface area contributed by atoms with Gasteiger partial charge in [0.05, 0.1) is 17.4 Å². The Balaban J connectivity index is 1.69. The summed E-state index contributed by atoms with van der Waals surface area (Å²) < 4.78 is 0. The van der Waals surface area contributed by atoms with E-state index in [9.17, 15) is 0 Å². The number of nitrogens with zero attached hydrogens (tertiary/aromatic N) is 1. The number of benzene rings is 3. The van der Waals surface area contributed by atoms with E-state index in [1.807, 2.05) is 6.07 Å². The number of hydrogen-bond donors (Lipinski definition) is 1. The van der Waals surface area contributed by atoms with Gasteiger partial charge in [-0.25, -0.2) is 0 Å². The summed E-state index contributed by atoms with van der Waals surface area (Å²) in [5, 5.41) is 6.66. The van der Waals surface area contributed by atoms with E-state index in [1.54, 1.807) is 5.57 Å². The van der Waals surface area contributed by atoms with Gasteiger partial charge in [0.2, 0.25) is 0 Å². The second-order valence-electron chi connectivity index (χ2n) is 9.57. The molecule has 0 fully saturated rings. The predicted molar refractivity (Wildman–Crippen MR) is 136 cm³/mol. The van der Waals surface area contributed by atoms with E-state index in [4.69, 9.17) is 4.99 Å². The van der Waals surface area contributed by atoms with Crippen molar-refractivity contribution in [1.82, 2.24) is 5.32 Å². The molecule has 2 nitrogen and oxygen atoms in total. The molecule has 0 radical (unpaired) electrons. The van der Waals surface area contributed by atoms with Crippen molar-refractivity contribution in [3.63, 3.8) is 0 Å². The Morgan fingerprint density at radius 2 is 1.59 bits per heavy atom. The van der Waals surface area contributed by atoms with Crippen molar-refractivity contribution in [2.24, 2.45) is 16.8 Å². The molecule has 1 N–H and O–H groups in total. The van der Waals surface area contributed by atoms with Gasteiger partial charge in [0.15, 0.2) is 0 Å². The summed E-state index contributed by atoms with van der Waals surface area (Å²) in [6.45, 7) is 9.26. The first kappa shape index (κ1) is 20.8. The first-order valence-electron chi connectivity index (χ1n) is 11.9. The number of hydrogen-bond acceptors (Lipinski definition) is 2. The lowest BCUT2D eigenvalue weighted by Crippen LogP contribution is -2.30. The van der Waals surface area contributed by atoms with Gasteiger partial charge in [-0.1, -0.05) is 88.4 Å². The maximum atomic E-state index is 5.20. The van der Waals surface area contributed by atoms with Crippen LogP contribution in [0.25, 0.3) is 10.8 Å². The fourth-order valence-corrected chi connectivity index (χ4v) is 5.26. The van der Waals surface area contributed by atoms with Crippen LogP contribution in [0.15, 0.2) is 94.6 Å². The van der Waals surface area contributed by atoms with Crippen molar-refractivity contribution >= 4 is 22.2 Å². The summed E-state index contributed by atoms with van der Waals surface area (Å²) in [5.41, 5.74) is 9.03. The van der Waals surface area contributed by atoms with Gasteiger partial charge >= 0.3 is 0 Å². The molecule has 0 amide bonds. The monoisotopic (exact) mass is 420 g/mol. The van der Waals surface area contributed by atoms with E-state index < -0.39 is 0 Å². The van der Waals surface area contributed by atoms with Crippen molar-refractivity contribution in [3.8, 4) is 0 Å². The van der Waals surface area contributed by atoms with E-state index in [0.29, 0.717) is 11.8 Å². The van der Waals surface area contributed by atoms with Crippen molar-refractivity contribution < 1.29 is 0 Å². The molecule has 162 valence electrons. The molecule has 0 spiro atoms. The molecular formula is C30H32N2. The molecule has 2 aliphatic rings. The highest BCUT2D eigenvalue weighted by atomic mass is 15.0. The normalized spacial score (nSPS) is 19.4. The van der Waals surface area contributed by atoms with Crippen LogP contribution >= 0.6 is 0 Å². The lowest BCUT2D eigenvalue weighted by Gasteiger charge is -2.30. The van der Waals surface area contributed by atoms with E-state index in [0.717, 1.165) is 24.2 Å². The van der Waals surface area contributed by atoms with E-state index in [2.05, 4.69) is 99.8 Å². The summed E-state index contributed by atoms with van der Waals surface area (Å²) >= 11 is 0. The summed E-state index contributed by atoms with van der Waals surface area (Å²) in [4.78, 5) is 5.20. The van der Waals surface area contributed by atoms with E-state index in [-0.39, 0.29) is 6.04 Å². The van der Waals surface area contributed by atoms with E-state index in [1.165, 1.54) is 33.2 Å². The minimum atomic E-state index is 0.0420. The third kappa shape index (κ3) is 3.58. The van der Waals surface area contributed by atoms with Gasteiger partial charge in [0.25, 0.3) is 0 Å². The quantitative estimate of drug-likeness (QED) is 0.446. The molecule has 1 atom stereocenters. The summed E-state index contributed by atoms with van der Waals surface area (Å²) in [6.07, 6.45) is 4.71. The first-order chi connectivity index (χ1) is 15.5. The van der Waals surface area contributed by atoms with Crippen LogP contribution in [0.3, 0.4) is 0 Å². The molecule has 1 unspecified atom stereocenters. The van der Waals surface area contributed by atoms with Crippen molar-refractivity contribution in [1.29, 1.82) is 0 Å². The minimum Gasteiger partial charge on any atom is -0.373 e. The molecule has 0 bridgehead atoms. The zero-order valence-electron chi connectivity index (χ0n) is 19.5. The van der Waals surface area contributed by atoms with Crippen LogP contribution in [0.4, 0.5) is 5.69 Å². The van der Waals surface area contributed by atoms with Gasteiger partial charge in [-0.2, -0.15) is 0 Å². The van der Waals surface area contributed by atoms with Crippen LogP contribution < -0.4 is 5.32 Å². The summed E-state index contributed by atoms with van der Waals surface area (Å²) in [7, 11) is 0. The second-order valence-corrected chi connectivity index (χ2v) is 9.57. The molecule has 2 aliphatic carbocycles. The van der Waals surface area contributed by atoms with Crippen LogP contribution in [-0.4, -0.2) is 5.71 Å². The Morgan fingerprint density at radius 3 is 2.31 bits per heavy atom. The van der Waals surface area contributed by atoms with Crippen LogP contribution in [-0.2, 0) is 0 Å². The Kier molecular flexibility index (Phi) is 5.46. The third-order valence-corrected chi connectivity index (χ3v) is 6.80. The highest BCUT2D eigenvalue weighted by Crippen LogP contribution is 2.41. The highest BCUT2D eigenvalue weighted by Gasteiger charge is 2.33. The minimum absolute atomic E-state index is 0.0420. The topological polar surface area (TPSA) is 24.4 Å². The molecule has 3 aromatic rings. The largest absolute Gasteiger partial charge is 0.373 e. The van der Waals surface area contributed by atoms with Crippen molar-refractivity contribution in [2.75, 3.05) is 0 Å². The van der Waals surface area contributed by atoms with Gasteiger partial charge in [-0.15, -0.1) is 0 Å². The molecule has 3 aromatic carbocycles. The van der Waals surface area contributed by atoms with Gasteiger partial charge in [-0.3, -0.25) is 4.99 Å². The van der Waals surface area contributed by atoms with Gasteiger partial charge in [-0.05, 0) is 64.3 Å². The third-order valence-electron chi connectivity index (χ3n) is 6.80.